The van der Waals surface area contributed by atoms with Gasteiger partial charge in [0.15, 0.2) is 6.61 Å². The van der Waals surface area contributed by atoms with Gasteiger partial charge in [0.05, 0.1) is 18.4 Å². The van der Waals surface area contributed by atoms with Gasteiger partial charge in [0.25, 0.3) is 5.91 Å². The molecular formula is C24H26N4O6S. The highest BCUT2D eigenvalue weighted by Crippen LogP contribution is 2.31. The van der Waals surface area contributed by atoms with Crippen molar-refractivity contribution >= 4 is 27.6 Å². The molecule has 0 unspecified atom stereocenters. The summed E-state index contributed by atoms with van der Waals surface area (Å²) in [6.45, 7) is 0.363. The Morgan fingerprint density at radius 2 is 1.80 bits per heavy atom. The number of nitrogens with one attached hydrogen (secondary N) is 1. The Hall–Kier alpha value is -3.70. The summed E-state index contributed by atoms with van der Waals surface area (Å²) >= 11 is 0. The Labute approximate surface area is 203 Å². The molecule has 2 heterocycles. The third-order valence-corrected chi connectivity index (χ3v) is 7.51. The first-order chi connectivity index (χ1) is 16.9. The van der Waals surface area contributed by atoms with Gasteiger partial charge in [-0.15, -0.1) is 0 Å². The monoisotopic (exact) mass is 498 g/mol. The van der Waals surface area contributed by atoms with Crippen LogP contribution in [0.1, 0.15) is 29.6 Å². The number of carbonyl (C=O) groups excluding carboxylic acids is 2. The summed E-state index contributed by atoms with van der Waals surface area (Å²) in [7, 11) is -2.39. The second-order valence-electron chi connectivity index (χ2n) is 7.95. The van der Waals surface area contributed by atoms with Gasteiger partial charge in [-0.05, 0) is 61.4 Å². The molecular weight excluding hydrogens is 472 g/mol. The van der Waals surface area contributed by atoms with Gasteiger partial charge in [0.1, 0.15) is 10.6 Å². The SMILES string of the molecule is COc1ccc(NC(=O)COC(=O)c2ccc(-n3cccn3)cc2)cc1S(=O)(=O)N1CCCCC1. The van der Waals surface area contributed by atoms with E-state index in [0.717, 1.165) is 24.9 Å². The van der Waals surface area contributed by atoms with Crippen LogP contribution in [-0.4, -0.2) is 61.2 Å². The summed E-state index contributed by atoms with van der Waals surface area (Å²) in [5.74, 6) is -1.06. The Kier molecular flexibility index (Phi) is 7.47. The number of sulfonamides is 1. The fraction of sp³-hybridized carbons (Fsp3) is 0.292. The molecule has 0 radical (unpaired) electrons. The van der Waals surface area contributed by atoms with Gasteiger partial charge in [-0.2, -0.15) is 9.40 Å². The van der Waals surface area contributed by atoms with Gasteiger partial charge in [0, 0.05) is 31.2 Å². The number of nitrogens with zero attached hydrogens (tertiary/aromatic N) is 3. The molecule has 0 aliphatic carbocycles. The maximum Gasteiger partial charge on any atom is 0.338 e. The Morgan fingerprint density at radius 3 is 2.46 bits per heavy atom. The van der Waals surface area contributed by atoms with Crippen LogP contribution in [-0.2, 0) is 19.6 Å². The van der Waals surface area contributed by atoms with Gasteiger partial charge in [-0.25, -0.2) is 17.9 Å². The molecule has 1 aliphatic heterocycles. The molecule has 1 amide bonds. The van der Waals surface area contributed by atoms with Crippen molar-refractivity contribution in [1.82, 2.24) is 14.1 Å². The molecule has 1 fully saturated rings. The number of ether oxygens (including phenoxy) is 2. The number of esters is 1. The fourth-order valence-corrected chi connectivity index (χ4v) is 5.48. The molecule has 1 N–H and O–H groups in total. The first kappa shape index (κ1) is 24.4. The van der Waals surface area contributed by atoms with Crippen molar-refractivity contribution in [3.8, 4) is 11.4 Å². The summed E-state index contributed by atoms with van der Waals surface area (Å²) in [6.07, 6.45) is 6.02. The van der Waals surface area contributed by atoms with Crippen molar-refractivity contribution in [2.24, 2.45) is 0 Å². The molecule has 184 valence electrons. The zero-order chi connectivity index (χ0) is 24.8. The third-order valence-electron chi connectivity index (χ3n) is 5.59. The van der Waals surface area contributed by atoms with Crippen LogP contribution in [0.4, 0.5) is 5.69 Å². The Bertz CT molecular complexity index is 1280. The number of benzene rings is 2. The standard InChI is InChI=1S/C24H26N4O6S/c1-33-21-11-8-19(16-22(21)35(31,32)27-13-3-2-4-14-27)26-23(29)17-34-24(30)18-6-9-20(10-7-18)28-15-5-12-25-28/h5-12,15-16H,2-4,13-14,17H2,1H3,(H,26,29). The maximum atomic E-state index is 13.1. The van der Waals surface area contributed by atoms with Gasteiger partial charge < -0.3 is 14.8 Å². The number of methoxy groups -OCH3 is 1. The van der Waals surface area contributed by atoms with Crippen molar-refractivity contribution in [3.05, 3.63) is 66.5 Å². The Morgan fingerprint density at radius 1 is 1.06 bits per heavy atom. The molecule has 2 aromatic carbocycles. The van der Waals surface area contributed by atoms with E-state index in [1.807, 2.05) is 0 Å². The van der Waals surface area contributed by atoms with E-state index in [4.69, 9.17) is 9.47 Å². The molecule has 0 atom stereocenters. The number of rotatable bonds is 8. The molecule has 0 bridgehead atoms. The van der Waals surface area contributed by atoms with E-state index in [2.05, 4.69) is 10.4 Å². The fourth-order valence-electron chi connectivity index (χ4n) is 3.78. The number of aromatic nitrogens is 2. The molecule has 0 saturated carbocycles. The Balaban J connectivity index is 1.39. The van der Waals surface area contributed by atoms with Crippen LogP contribution in [0, 0.1) is 0 Å². The minimum absolute atomic E-state index is 0.0195. The highest BCUT2D eigenvalue weighted by atomic mass is 32.2. The maximum absolute atomic E-state index is 13.1. The second kappa shape index (κ2) is 10.7. The lowest BCUT2D eigenvalue weighted by Crippen LogP contribution is -2.35. The summed E-state index contributed by atoms with van der Waals surface area (Å²) in [5, 5.41) is 6.70. The molecule has 35 heavy (non-hydrogen) atoms. The van der Waals surface area contributed by atoms with E-state index in [1.54, 1.807) is 47.4 Å². The molecule has 1 aliphatic rings. The molecule has 1 aromatic heterocycles. The first-order valence-corrected chi connectivity index (χ1v) is 12.6. The molecule has 4 rings (SSSR count). The third kappa shape index (κ3) is 5.69. The van der Waals surface area contributed by atoms with Crippen LogP contribution in [0.2, 0.25) is 0 Å². The second-order valence-corrected chi connectivity index (χ2v) is 9.86. The quantitative estimate of drug-likeness (QED) is 0.474. The van der Waals surface area contributed by atoms with Crippen LogP contribution in [0.5, 0.6) is 5.75 Å². The minimum atomic E-state index is -3.78. The van der Waals surface area contributed by atoms with Gasteiger partial charge in [-0.3, -0.25) is 4.79 Å². The molecule has 11 heteroatoms. The van der Waals surface area contributed by atoms with Crippen LogP contribution >= 0.6 is 0 Å². The number of anilines is 1. The zero-order valence-corrected chi connectivity index (χ0v) is 20.0. The van der Waals surface area contributed by atoms with Gasteiger partial charge in [0.2, 0.25) is 10.0 Å². The van der Waals surface area contributed by atoms with Crippen LogP contribution < -0.4 is 10.1 Å². The predicted molar refractivity (Wildman–Crippen MR) is 128 cm³/mol. The average Bonchev–Trinajstić information content (AvgIpc) is 3.43. The van der Waals surface area contributed by atoms with Gasteiger partial charge in [-0.1, -0.05) is 6.42 Å². The first-order valence-electron chi connectivity index (χ1n) is 11.1. The molecule has 0 spiro atoms. The number of piperidine rings is 1. The largest absolute Gasteiger partial charge is 0.495 e. The minimum Gasteiger partial charge on any atom is -0.495 e. The van der Waals surface area contributed by atoms with Crippen molar-refractivity contribution < 1.29 is 27.5 Å². The number of carbonyl (C=O) groups is 2. The summed E-state index contributed by atoms with van der Waals surface area (Å²) in [5.41, 5.74) is 1.32. The highest BCUT2D eigenvalue weighted by molar-refractivity contribution is 7.89. The van der Waals surface area contributed by atoms with Crippen molar-refractivity contribution in [1.29, 1.82) is 0 Å². The van der Waals surface area contributed by atoms with E-state index in [9.17, 15) is 18.0 Å². The van der Waals surface area contributed by atoms with Crippen LogP contribution in [0.15, 0.2) is 65.8 Å². The summed E-state index contributed by atoms with van der Waals surface area (Å²) in [4.78, 5) is 24.7. The van der Waals surface area contributed by atoms with E-state index in [1.165, 1.54) is 29.6 Å². The van der Waals surface area contributed by atoms with E-state index >= 15 is 0 Å². The summed E-state index contributed by atoms with van der Waals surface area (Å²) in [6, 6.07) is 12.8. The van der Waals surface area contributed by atoms with Gasteiger partial charge >= 0.3 is 5.97 Å². The van der Waals surface area contributed by atoms with Crippen molar-refractivity contribution in [2.45, 2.75) is 24.2 Å². The van der Waals surface area contributed by atoms with E-state index in [0.29, 0.717) is 13.1 Å². The smallest absolute Gasteiger partial charge is 0.338 e. The van der Waals surface area contributed by atoms with E-state index < -0.39 is 28.5 Å². The number of hydrogen-bond donors (Lipinski definition) is 1. The number of hydrogen-bond acceptors (Lipinski definition) is 7. The topological polar surface area (TPSA) is 120 Å². The lowest BCUT2D eigenvalue weighted by molar-refractivity contribution is -0.119. The average molecular weight is 499 g/mol. The van der Waals surface area contributed by atoms with Crippen LogP contribution in [0.3, 0.4) is 0 Å². The zero-order valence-electron chi connectivity index (χ0n) is 19.2. The van der Waals surface area contributed by atoms with Crippen molar-refractivity contribution in [3.63, 3.8) is 0 Å². The van der Waals surface area contributed by atoms with Crippen molar-refractivity contribution in [2.75, 3.05) is 32.1 Å². The molecule has 10 nitrogen and oxygen atoms in total. The molecule has 1 saturated heterocycles. The van der Waals surface area contributed by atoms with Crippen LogP contribution in [0.25, 0.3) is 5.69 Å². The predicted octanol–water partition coefficient (Wildman–Crippen LogP) is 2.85. The lowest BCUT2D eigenvalue weighted by Gasteiger charge is -2.26. The normalized spacial score (nSPS) is 14.3. The summed E-state index contributed by atoms with van der Waals surface area (Å²) < 4.78 is 39.7. The van der Waals surface area contributed by atoms with E-state index in [-0.39, 0.29) is 21.9 Å². The lowest BCUT2D eigenvalue weighted by atomic mass is 10.2. The number of amides is 1. The highest BCUT2D eigenvalue weighted by Gasteiger charge is 2.29. The molecule has 3 aromatic rings.